The number of carboxylic acids is 1. The molecule has 0 radical (unpaired) electrons. The van der Waals surface area contributed by atoms with Gasteiger partial charge >= 0.3 is 11.9 Å². The maximum absolute atomic E-state index is 14.0. The van der Waals surface area contributed by atoms with Crippen LogP contribution in [-0.2, 0) is 16.2 Å². The fraction of sp³-hybridized carbons (Fsp3) is 0.176. The molecule has 2 aromatic carbocycles. The average molecular weight is 334 g/mol. The maximum atomic E-state index is 14.0. The Morgan fingerprint density at radius 3 is 2.42 bits per heavy atom. The van der Waals surface area contributed by atoms with Crippen LogP contribution in [0.2, 0.25) is 0 Å². The van der Waals surface area contributed by atoms with Crippen LogP contribution in [-0.4, -0.2) is 22.2 Å². The van der Waals surface area contributed by atoms with E-state index in [2.05, 4.69) is 0 Å². The van der Waals surface area contributed by atoms with Crippen molar-refractivity contribution in [2.75, 3.05) is 0 Å². The molecular weight excluding hydrogens is 319 g/mol. The molecule has 1 unspecified atom stereocenters. The quantitative estimate of drug-likeness (QED) is 0.623. The third kappa shape index (κ3) is 4.30. The molecule has 0 amide bonds. The Labute approximate surface area is 137 Å². The van der Waals surface area contributed by atoms with Gasteiger partial charge in [-0.1, -0.05) is 30.3 Å². The molecule has 0 aliphatic rings. The normalized spacial score (nSPS) is 11.6. The van der Waals surface area contributed by atoms with E-state index in [-0.39, 0.29) is 18.1 Å². The number of halogens is 1. The van der Waals surface area contributed by atoms with Crippen LogP contribution >= 0.6 is 0 Å². The Morgan fingerprint density at radius 1 is 1.17 bits per heavy atom. The molecule has 0 spiro atoms. The lowest BCUT2D eigenvalue weighted by Gasteiger charge is -2.15. The van der Waals surface area contributed by atoms with E-state index in [1.54, 1.807) is 24.3 Å². The van der Waals surface area contributed by atoms with Crippen LogP contribution in [0.1, 0.15) is 24.2 Å². The number of benzene rings is 2. The highest BCUT2D eigenvalue weighted by Crippen LogP contribution is 2.34. The number of hydrogen-bond donors (Lipinski definition) is 2. The summed E-state index contributed by atoms with van der Waals surface area (Å²) in [5, 5.41) is 18.4. The van der Waals surface area contributed by atoms with Crippen molar-refractivity contribution in [2.24, 2.45) is 0 Å². The molecule has 126 valence electrons. The number of aliphatic carboxylic acids is 1. The monoisotopic (exact) mass is 334 g/mol. The van der Waals surface area contributed by atoms with Gasteiger partial charge in [0.2, 0.25) is 0 Å². The van der Waals surface area contributed by atoms with Crippen molar-refractivity contribution in [1.29, 1.82) is 0 Å². The number of rotatable bonds is 6. The van der Waals surface area contributed by atoms with Crippen molar-refractivity contribution in [2.45, 2.75) is 19.6 Å². The third-order valence-electron chi connectivity index (χ3n) is 3.08. The molecule has 0 bridgehead atoms. The van der Waals surface area contributed by atoms with E-state index in [0.717, 1.165) is 24.6 Å². The molecule has 24 heavy (non-hydrogen) atoms. The summed E-state index contributed by atoms with van der Waals surface area (Å²) in [5.41, 5.74) is 0.317. The van der Waals surface area contributed by atoms with Crippen LogP contribution in [0.4, 0.5) is 4.39 Å². The molecule has 0 aliphatic carbocycles. The van der Waals surface area contributed by atoms with Gasteiger partial charge in [-0.15, -0.1) is 0 Å². The summed E-state index contributed by atoms with van der Waals surface area (Å²) < 4.78 is 24.4. The van der Waals surface area contributed by atoms with Crippen LogP contribution in [0.15, 0.2) is 42.5 Å². The molecule has 7 heteroatoms. The van der Waals surface area contributed by atoms with Crippen molar-refractivity contribution >= 4 is 11.9 Å². The van der Waals surface area contributed by atoms with Gasteiger partial charge in [0.15, 0.2) is 17.6 Å². The first-order valence-corrected chi connectivity index (χ1v) is 6.98. The van der Waals surface area contributed by atoms with Crippen molar-refractivity contribution in [3.8, 4) is 11.5 Å². The lowest BCUT2D eigenvalue weighted by molar-refractivity contribution is -0.147. The van der Waals surface area contributed by atoms with Gasteiger partial charge in [-0.3, -0.25) is 4.79 Å². The largest absolute Gasteiger partial charge is 0.485 e. The fourth-order valence-corrected chi connectivity index (χ4v) is 1.98. The SMILES string of the molecule is CC(=O)Oc1cc(F)c(C(O)C(=O)O)cc1OCc1ccccc1. The number of esters is 1. The summed E-state index contributed by atoms with van der Waals surface area (Å²) in [5.74, 6) is -3.56. The standard InChI is InChI=1S/C17H15FO6/c1-10(19)24-15-8-13(18)12(16(20)17(21)22)7-14(15)23-9-11-5-3-2-4-6-11/h2-8,16,20H,9H2,1H3,(H,21,22). The number of aliphatic hydroxyl groups is 1. The third-order valence-corrected chi connectivity index (χ3v) is 3.08. The molecule has 0 saturated carbocycles. The average Bonchev–Trinajstić information content (AvgIpc) is 2.53. The molecule has 0 heterocycles. The zero-order chi connectivity index (χ0) is 17.7. The molecular formula is C17H15FO6. The lowest BCUT2D eigenvalue weighted by Crippen LogP contribution is -2.13. The Balaban J connectivity index is 2.35. The minimum Gasteiger partial charge on any atom is -0.485 e. The van der Waals surface area contributed by atoms with Gasteiger partial charge in [-0.25, -0.2) is 9.18 Å². The minimum atomic E-state index is -2.06. The Bertz CT molecular complexity index is 744. The minimum absolute atomic E-state index is 0.0502. The Kier molecular flexibility index (Phi) is 5.49. The maximum Gasteiger partial charge on any atom is 0.337 e. The first-order chi connectivity index (χ1) is 11.4. The number of carboxylic acid groups (broad SMARTS) is 1. The molecule has 1 atom stereocenters. The molecule has 0 aliphatic heterocycles. The van der Waals surface area contributed by atoms with Crippen LogP contribution < -0.4 is 9.47 Å². The van der Waals surface area contributed by atoms with E-state index in [1.165, 1.54) is 0 Å². The van der Waals surface area contributed by atoms with Gasteiger partial charge in [0, 0.05) is 18.6 Å². The van der Waals surface area contributed by atoms with Gasteiger partial charge in [-0.05, 0) is 11.6 Å². The van der Waals surface area contributed by atoms with Gasteiger partial charge in [-0.2, -0.15) is 0 Å². The second-order valence-corrected chi connectivity index (χ2v) is 4.93. The molecule has 0 fully saturated rings. The van der Waals surface area contributed by atoms with E-state index < -0.39 is 29.4 Å². The Hall–Kier alpha value is -2.93. The van der Waals surface area contributed by atoms with Crippen molar-refractivity contribution in [1.82, 2.24) is 0 Å². The van der Waals surface area contributed by atoms with E-state index in [0.29, 0.717) is 0 Å². The van der Waals surface area contributed by atoms with E-state index in [4.69, 9.17) is 14.6 Å². The summed E-state index contributed by atoms with van der Waals surface area (Å²) in [6.07, 6.45) is -2.06. The zero-order valence-corrected chi connectivity index (χ0v) is 12.7. The number of hydrogen-bond acceptors (Lipinski definition) is 5. The van der Waals surface area contributed by atoms with Crippen LogP contribution in [0, 0.1) is 5.82 Å². The number of carbonyl (C=O) groups excluding carboxylic acids is 1. The van der Waals surface area contributed by atoms with E-state index in [1.807, 2.05) is 6.07 Å². The van der Waals surface area contributed by atoms with Gasteiger partial charge in [0.1, 0.15) is 12.4 Å². The van der Waals surface area contributed by atoms with Gasteiger partial charge < -0.3 is 19.7 Å². The first-order valence-electron chi connectivity index (χ1n) is 6.98. The second-order valence-electron chi connectivity index (χ2n) is 4.93. The zero-order valence-electron chi connectivity index (χ0n) is 12.7. The fourth-order valence-electron chi connectivity index (χ4n) is 1.98. The van der Waals surface area contributed by atoms with Gasteiger partial charge in [0.25, 0.3) is 0 Å². The highest BCUT2D eigenvalue weighted by Gasteiger charge is 2.23. The summed E-state index contributed by atoms with van der Waals surface area (Å²) in [6.45, 7) is 1.22. The number of ether oxygens (including phenoxy) is 2. The van der Waals surface area contributed by atoms with Crippen LogP contribution in [0.5, 0.6) is 11.5 Å². The number of carbonyl (C=O) groups is 2. The topological polar surface area (TPSA) is 93.1 Å². The predicted octanol–water partition coefficient (Wildman–Crippen LogP) is 2.45. The molecule has 2 rings (SSSR count). The summed E-state index contributed by atoms with van der Waals surface area (Å²) in [6, 6.07) is 10.8. The highest BCUT2D eigenvalue weighted by molar-refractivity contribution is 5.75. The summed E-state index contributed by atoms with van der Waals surface area (Å²) >= 11 is 0. The van der Waals surface area contributed by atoms with Crippen LogP contribution in [0.25, 0.3) is 0 Å². The number of aliphatic hydroxyl groups excluding tert-OH is 1. The van der Waals surface area contributed by atoms with Crippen LogP contribution in [0.3, 0.4) is 0 Å². The summed E-state index contributed by atoms with van der Waals surface area (Å²) in [7, 11) is 0. The molecule has 6 nitrogen and oxygen atoms in total. The van der Waals surface area contributed by atoms with E-state index >= 15 is 0 Å². The smallest absolute Gasteiger partial charge is 0.337 e. The van der Waals surface area contributed by atoms with Crippen molar-refractivity contribution in [3.05, 3.63) is 59.4 Å². The predicted molar refractivity (Wildman–Crippen MR) is 81.1 cm³/mol. The Morgan fingerprint density at radius 2 is 1.83 bits per heavy atom. The molecule has 2 N–H and O–H groups in total. The molecule has 0 saturated heterocycles. The van der Waals surface area contributed by atoms with E-state index in [9.17, 15) is 19.1 Å². The lowest BCUT2D eigenvalue weighted by atomic mass is 10.1. The molecule has 0 aromatic heterocycles. The second kappa shape index (κ2) is 7.56. The van der Waals surface area contributed by atoms with Gasteiger partial charge in [0.05, 0.1) is 0 Å². The molecule has 2 aromatic rings. The first kappa shape index (κ1) is 17.4. The summed E-state index contributed by atoms with van der Waals surface area (Å²) in [4.78, 5) is 22.0. The van der Waals surface area contributed by atoms with Crippen molar-refractivity contribution < 1.29 is 33.7 Å². The highest BCUT2D eigenvalue weighted by atomic mass is 19.1. The van der Waals surface area contributed by atoms with Crippen molar-refractivity contribution in [3.63, 3.8) is 0 Å².